The van der Waals surface area contributed by atoms with Gasteiger partial charge >= 0.3 is 0 Å². The number of hydrogen-bond donors (Lipinski definition) is 0. The Balaban J connectivity index is 1.78. The molecule has 0 spiro atoms. The highest BCUT2D eigenvalue weighted by Crippen LogP contribution is 2.40. The van der Waals surface area contributed by atoms with Gasteiger partial charge in [0.1, 0.15) is 0 Å². The van der Waals surface area contributed by atoms with Gasteiger partial charge in [-0.2, -0.15) is 0 Å². The average Bonchev–Trinajstić information content (AvgIpc) is 3.13. The number of rotatable bonds is 4. The lowest BCUT2D eigenvalue weighted by atomic mass is 10.1. The molecule has 0 fully saturated rings. The lowest BCUT2D eigenvalue weighted by Gasteiger charge is -2.03. The second-order valence-corrected chi connectivity index (χ2v) is 7.57. The lowest BCUT2D eigenvalue weighted by Crippen LogP contribution is -1.83. The van der Waals surface area contributed by atoms with Crippen LogP contribution in [0.3, 0.4) is 0 Å². The van der Waals surface area contributed by atoms with Crippen molar-refractivity contribution in [3.8, 4) is 21.7 Å². The third-order valence-corrected chi connectivity index (χ3v) is 5.55. The summed E-state index contributed by atoms with van der Waals surface area (Å²) in [5, 5.41) is 1.39. The summed E-state index contributed by atoms with van der Waals surface area (Å²) in [4.78, 5) is 10.5. The van der Waals surface area contributed by atoms with E-state index in [4.69, 9.17) is 16.6 Å². The number of nitrogens with zero attached hydrogens (tertiary/aromatic N) is 2. The van der Waals surface area contributed by atoms with Crippen LogP contribution < -0.4 is 0 Å². The fourth-order valence-corrected chi connectivity index (χ4v) is 3.88. The summed E-state index contributed by atoms with van der Waals surface area (Å²) in [6.45, 7) is 2.09. The summed E-state index contributed by atoms with van der Waals surface area (Å²) in [5.41, 5.74) is 5.30. The molecule has 2 nitrogen and oxygen atoms in total. The Morgan fingerprint density at radius 3 is 2.30 bits per heavy atom. The fourth-order valence-electron chi connectivity index (χ4n) is 2.76. The van der Waals surface area contributed by atoms with Crippen LogP contribution in [-0.2, 0) is 0 Å². The summed E-state index contributed by atoms with van der Waals surface area (Å²) < 4.78 is 0. The number of aryl methyl sites for hydroxylation is 1. The first-order valence-electron chi connectivity index (χ1n) is 8.62. The molecule has 4 rings (SSSR count). The van der Waals surface area contributed by atoms with Crippen LogP contribution in [0.4, 0.5) is 5.13 Å². The van der Waals surface area contributed by atoms with Gasteiger partial charge in [-0.15, -0.1) is 0 Å². The molecule has 0 saturated heterocycles. The van der Waals surface area contributed by atoms with Crippen molar-refractivity contribution in [2.24, 2.45) is 4.99 Å². The van der Waals surface area contributed by atoms with Gasteiger partial charge in [-0.05, 0) is 18.6 Å². The zero-order chi connectivity index (χ0) is 18.6. The van der Waals surface area contributed by atoms with Crippen molar-refractivity contribution in [2.45, 2.75) is 6.92 Å². The molecule has 1 heterocycles. The molecular weight excluding hydrogens is 372 g/mol. The van der Waals surface area contributed by atoms with E-state index in [1.165, 1.54) is 5.56 Å². The van der Waals surface area contributed by atoms with Gasteiger partial charge in [0.25, 0.3) is 0 Å². The molecule has 1 aromatic heterocycles. The topological polar surface area (TPSA) is 25.2 Å². The third kappa shape index (κ3) is 4.00. The Morgan fingerprint density at radius 2 is 1.56 bits per heavy atom. The molecular formula is C23H17ClN2S. The van der Waals surface area contributed by atoms with E-state index in [1.807, 2.05) is 42.5 Å². The minimum atomic E-state index is 0.680. The molecule has 3 aromatic carbocycles. The Hall–Kier alpha value is -2.75. The standard InChI is InChI=1S/C23H17ClN2S/c1-16-11-13-17(14-12-16)21-22(18-7-3-2-4-8-18)27-23(26-21)25-15-19-9-5-6-10-20(19)24/h2-15H,1H3. The molecule has 0 unspecified atom stereocenters. The predicted octanol–water partition coefficient (Wildman–Crippen LogP) is 7.19. The number of aromatic nitrogens is 1. The van der Waals surface area contributed by atoms with E-state index in [-0.39, 0.29) is 0 Å². The number of aliphatic imine (C=N–C) groups is 1. The minimum absolute atomic E-state index is 0.680. The van der Waals surface area contributed by atoms with E-state index >= 15 is 0 Å². The number of benzene rings is 3. The average molecular weight is 389 g/mol. The highest BCUT2D eigenvalue weighted by molar-refractivity contribution is 7.19. The fraction of sp³-hybridized carbons (Fsp3) is 0.0435. The molecule has 0 atom stereocenters. The van der Waals surface area contributed by atoms with E-state index in [0.717, 1.165) is 27.3 Å². The molecule has 0 radical (unpaired) electrons. The number of thiazole rings is 1. The normalized spacial score (nSPS) is 11.2. The molecule has 27 heavy (non-hydrogen) atoms. The van der Waals surface area contributed by atoms with Crippen molar-refractivity contribution in [2.75, 3.05) is 0 Å². The molecule has 0 saturated carbocycles. The molecule has 0 aliphatic rings. The van der Waals surface area contributed by atoms with Crippen molar-refractivity contribution in [1.82, 2.24) is 4.98 Å². The van der Waals surface area contributed by atoms with Crippen LogP contribution in [0.1, 0.15) is 11.1 Å². The summed E-state index contributed by atoms with van der Waals surface area (Å²) in [6, 6.07) is 26.4. The Labute approximate surface area is 167 Å². The second kappa shape index (κ2) is 7.87. The van der Waals surface area contributed by atoms with Gasteiger partial charge < -0.3 is 0 Å². The third-order valence-electron chi connectivity index (χ3n) is 4.20. The smallest absolute Gasteiger partial charge is 0.210 e. The largest absolute Gasteiger partial charge is 0.227 e. The maximum Gasteiger partial charge on any atom is 0.210 e. The highest BCUT2D eigenvalue weighted by Gasteiger charge is 2.14. The van der Waals surface area contributed by atoms with Gasteiger partial charge in [0.15, 0.2) is 0 Å². The molecule has 0 aliphatic carbocycles. The zero-order valence-electron chi connectivity index (χ0n) is 14.8. The van der Waals surface area contributed by atoms with Crippen LogP contribution in [0.5, 0.6) is 0 Å². The van der Waals surface area contributed by atoms with Gasteiger partial charge in [0.2, 0.25) is 5.13 Å². The first-order valence-corrected chi connectivity index (χ1v) is 9.82. The molecule has 0 aliphatic heterocycles. The van der Waals surface area contributed by atoms with Crippen LogP contribution in [0, 0.1) is 6.92 Å². The Morgan fingerprint density at radius 1 is 0.852 bits per heavy atom. The molecule has 132 valence electrons. The Kier molecular flexibility index (Phi) is 5.14. The van der Waals surface area contributed by atoms with Crippen molar-refractivity contribution >= 4 is 34.3 Å². The van der Waals surface area contributed by atoms with Crippen LogP contribution >= 0.6 is 22.9 Å². The molecule has 0 N–H and O–H groups in total. The summed E-state index contributed by atoms with van der Waals surface area (Å²) in [5.74, 6) is 0. The van der Waals surface area contributed by atoms with E-state index in [2.05, 4.69) is 48.3 Å². The first kappa shape index (κ1) is 17.7. The number of hydrogen-bond acceptors (Lipinski definition) is 3. The van der Waals surface area contributed by atoms with Crippen LogP contribution in [-0.4, -0.2) is 11.2 Å². The van der Waals surface area contributed by atoms with Gasteiger partial charge in [-0.3, -0.25) is 0 Å². The van der Waals surface area contributed by atoms with E-state index < -0.39 is 0 Å². The van der Waals surface area contributed by atoms with Gasteiger partial charge in [0.05, 0.1) is 10.6 Å². The van der Waals surface area contributed by atoms with Crippen molar-refractivity contribution in [3.05, 3.63) is 95.0 Å². The van der Waals surface area contributed by atoms with Crippen LogP contribution in [0.15, 0.2) is 83.9 Å². The molecule has 0 bridgehead atoms. The predicted molar refractivity (Wildman–Crippen MR) is 116 cm³/mol. The number of halogens is 1. The summed E-state index contributed by atoms with van der Waals surface area (Å²) >= 11 is 7.81. The van der Waals surface area contributed by atoms with Gasteiger partial charge in [-0.25, -0.2) is 9.98 Å². The van der Waals surface area contributed by atoms with Crippen LogP contribution in [0.25, 0.3) is 21.7 Å². The molecule has 4 heteroatoms. The monoisotopic (exact) mass is 388 g/mol. The van der Waals surface area contributed by atoms with Crippen LogP contribution in [0.2, 0.25) is 5.02 Å². The molecule has 4 aromatic rings. The lowest BCUT2D eigenvalue weighted by molar-refractivity contribution is 1.35. The first-order chi connectivity index (χ1) is 13.2. The second-order valence-electron chi connectivity index (χ2n) is 6.19. The summed E-state index contributed by atoms with van der Waals surface area (Å²) in [6.07, 6.45) is 1.77. The zero-order valence-corrected chi connectivity index (χ0v) is 16.3. The van der Waals surface area contributed by atoms with Crippen molar-refractivity contribution < 1.29 is 0 Å². The quantitative estimate of drug-likeness (QED) is 0.339. The van der Waals surface area contributed by atoms with Gasteiger partial charge in [0, 0.05) is 22.4 Å². The Bertz CT molecular complexity index is 1080. The van der Waals surface area contributed by atoms with E-state index in [0.29, 0.717) is 10.2 Å². The van der Waals surface area contributed by atoms with Gasteiger partial charge in [-0.1, -0.05) is 101 Å². The maximum absolute atomic E-state index is 6.23. The maximum atomic E-state index is 6.23. The SMILES string of the molecule is Cc1ccc(-c2nc(N=Cc3ccccc3Cl)sc2-c2ccccc2)cc1. The van der Waals surface area contributed by atoms with Crippen molar-refractivity contribution in [1.29, 1.82) is 0 Å². The van der Waals surface area contributed by atoms with E-state index in [1.54, 1.807) is 17.6 Å². The summed E-state index contributed by atoms with van der Waals surface area (Å²) in [7, 11) is 0. The highest BCUT2D eigenvalue weighted by atomic mass is 35.5. The van der Waals surface area contributed by atoms with Crippen molar-refractivity contribution in [3.63, 3.8) is 0 Å². The molecule has 0 amide bonds. The van der Waals surface area contributed by atoms with E-state index in [9.17, 15) is 0 Å². The minimum Gasteiger partial charge on any atom is -0.227 e.